The highest BCUT2D eigenvalue weighted by Gasteiger charge is 2.27. The van der Waals surface area contributed by atoms with Crippen LogP contribution in [0, 0.1) is 0 Å². The summed E-state index contributed by atoms with van der Waals surface area (Å²) in [6.45, 7) is 1.10. The number of hydrogen-bond donors (Lipinski definition) is 3. The number of aromatic hydroxyl groups is 1. The molecule has 0 spiro atoms. The van der Waals surface area contributed by atoms with Crippen LogP contribution in [0.25, 0.3) is 10.9 Å². The molecule has 28 heavy (non-hydrogen) atoms. The molecule has 0 saturated heterocycles. The van der Waals surface area contributed by atoms with E-state index in [1.165, 1.54) is 12.8 Å². The first-order chi connectivity index (χ1) is 13.6. The number of phenolic OH excluding ortho intramolecular Hbond substituents is 1. The molecule has 3 N–H and O–H groups in total. The van der Waals surface area contributed by atoms with Crippen LogP contribution >= 0.6 is 15.9 Å². The lowest BCUT2D eigenvalue weighted by Gasteiger charge is -2.17. The molecule has 2 aliphatic rings. The Bertz CT molecular complexity index is 1070. The summed E-state index contributed by atoms with van der Waals surface area (Å²) in [6.07, 6.45) is 4.74. The molecule has 1 amide bonds. The van der Waals surface area contributed by atoms with Gasteiger partial charge in [0.2, 0.25) is 0 Å². The van der Waals surface area contributed by atoms with Gasteiger partial charge in [-0.25, -0.2) is 0 Å². The van der Waals surface area contributed by atoms with Crippen molar-refractivity contribution >= 4 is 38.6 Å². The number of carbonyl (C=O) groups is 1. The molecule has 1 fully saturated rings. The van der Waals surface area contributed by atoms with E-state index in [9.17, 15) is 9.90 Å². The zero-order chi connectivity index (χ0) is 19.3. The largest absolute Gasteiger partial charge is 0.507 e. The van der Waals surface area contributed by atoms with Crippen LogP contribution < -0.4 is 5.32 Å². The third-order valence-electron chi connectivity index (χ3n) is 5.78. The van der Waals surface area contributed by atoms with E-state index in [4.69, 9.17) is 0 Å². The molecule has 144 valence electrons. The Morgan fingerprint density at radius 2 is 1.96 bits per heavy atom. The summed E-state index contributed by atoms with van der Waals surface area (Å²) in [5, 5.41) is 22.1. The lowest BCUT2D eigenvalue weighted by Crippen LogP contribution is -2.25. The third kappa shape index (κ3) is 3.03. The monoisotopic (exact) mass is 440 g/mol. The van der Waals surface area contributed by atoms with Gasteiger partial charge in [-0.3, -0.25) is 9.89 Å². The van der Waals surface area contributed by atoms with Crippen molar-refractivity contribution in [3.63, 3.8) is 0 Å². The molecule has 0 radical (unpaired) electrons. The van der Waals surface area contributed by atoms with Crippen LogP contribution in [-0.4, -0.2) is 32.2 Å². The Hall–Kier alpha value is -2.54. The average molecular weight is 441 g/mol. The number of hydrogen-bond acceptors (Lipinski definition) is 4. The van der Waals surface area contributed by atoms with Gasteiger partial charge in [0.05, 0.1) is 11.1 Å². The van der Waals surface area contributed by atoms with Gasteiger partial charge >= 0.3 is 0 Å². The number of H-pyrrole nitrogens is 1. The summed E-state index contributed by atoms with van der Waals surface area (Å²) in [4.78, 5) is 14.9. The standard InChI is InChI=1S/C21H21BrN4O2/c22-14-6-5-12-10-26(11-13(12)7-14)21(28)17-8-16-18(9-19(17)27)24-25-20(16)23-15-3-1-2-4-15/h5-9,15,27H,1-4,10-11H2,(H2,23,24,25). The molecule has 5 rings (SSSR count). The van der Waals surface area contributed by atoms with E-state index in [2.05, 4.69) is 31.4 Å². The maximum Gasteiger partial charge on any atom is 0.258 e. The van der Waals surface area contributed by atoms with E-state index in [1.807, 2.05) is 18.2 Å². The molecule has 2 heterocycles. The molecule has 1 aromatic heterocycles. The fourth-order valence-electron chi connectivity index (χ4n) is 4.27. The fourth-order valence-corrected chi connectivity index (χ4v) is 4.68. The summed E-state index contributed by atoms with van der Waals surface area (Å²) >= 11 is 3.48. The number of phenols is 1. The predicted molar refractivity (Wildman–Crippen MR) is 111 cm³/mol. The number of benzene rings is 2. The van der Waals surface area contributed by atoms with Crippen molar-refractivity contribution < 1.29 is 9.90 Å². The number of anilines is 1. The molecule has 2 aromatic carbocycles. The predicted octanol–water partition coefficient (Wildman–Crippen LogP) is 4.54. The van der Waals surface area contributed by atoms with E-state index in [-0.39, 0.29) is 11.7 Å². The van der Waals surface area contributed by atoms with Crippen molar-refractivity contribution in [2.24, 2.45) is 0 Å². The van der Waals surface area contributed by atoms with Gasteiger partial charge in [-0.2, -0.15) is 5.10 Å². The molecule has 1 aliphatic heterocycles. The molecule has 0 unspecified atom stereocenters. The van der Waals surface area contributed by atoms with Crippen LogP contribution in [0.1, 0.15) is 47.2 Å². The lowest BCUT2D eigenvalue weighted by atomic mass is 10.1. The first-order valence-electron chi connectivity index (χ1n) is 9.63. The summed E-state index contributed by atoms with van der Waals surface area (Å²) < 4.78 is 1.01. The van der Waals surface area contributed by atoms with Crippen molar-refractivity contribution in [3.8, 4) is 5.75 Å². The summed E-state index contributed by atoms with van der Waals surface area (Å²) in [7, 11) is 0. The highest BCUT2D eigenvalue weighted by Crippen LogP contribution is 2.33. The number of halogens is 1. The molecule has 1 saturated carbocycles. The van der Waals surface area contributed by atoms with E-state index in [0.29, 0.717) is 24.7 Å². The quantitative estimate of drug-likeness (QED) is 0.558. The number of aromatic nitrogens is 2. The number of fused-ring (bicyclic) bond motifs is 2. The van der Waals surface area contributed by atoms with Crippen molar-refractivity contribution in [2.45, 2.75) is 44.8 Å². The Balaban J connectivity index is 1.45. The van der Waals surface area contributed by atoms with Crippen LogP contribution in [0.2, 0.25) is 0 Å². The molecule has 1 aliphatic carbocycles. The second-order valence-corrected chi connectivity index (χ2v) is 8.60. The zero-order valence-electron chi connectivity index (χ0n) is 15.3. The second-order valence-electron chi connectivity index (χ2n) is 7.69. The van der Waals surface area contributed by atoms with Gasteiger partial charge in [-0.15, -0.1) is 0 Å². The van der Waals surface area contributed by atoms with E-state index in [1.54, 1.807) is 17.0 Å². The minimum absolute atomic E-state index is 0.0225. The van der Waals surface area contributed by atoms with Crippen molar-refractivity contribution in [3.05, 3.63) is 51.5 Å². The fraction of sp³-hybridized carbons (Fsp3) is 0.333. The van der Waals surface area contributed by atoms with Gasteiger partial charge in [-0.1, -0.05) is 34.8 Å². The topological polar surface area (TPSA) is 81.2 Å². The van der Waals surface area contributed by atoms with Crippen LogP contribution in [0.15, 0.2) is 34.8 Å². The zero-order valence-corrected chi connectivity index (χ0v) is 16.9. The number of aromatic amines is 1. The number of amides is 1. The molecule has 0 bridgehead atoms. The molecule has 3 aromatic rings. The molecule has 0 atom stereocenters. The molecule has 6 nitrogen and oxygen atoms in total. The first-order valence-corrected chi connectivity index (χ1v) is 10.4. The smallest absolute Gasteiger partial charge is 0.258 e. The van der Waals surface area contributed by atoms with Crippen LogP contribution in [0.5, 0.6) is 5.75 Å². The van der Waals surface area contributed by atoms with E-state index < -0.39 is 0 Å². The minimum Gasteiger partial charge on any atom is -0.507 e. The van der Waals surface area contributed by atoms with Gasteiger partial charge in [0, 0.05) is 35.1 Å². The van der Waals surface area contributed by atoms with Crippen LogP contribution in [-0.2, 0) is 13.1 Å². The Morgan fingerprint density at radius 3 is 2.79 bits per heavy atom. The Kier molecular flexibility index (Phi) is 4.27. The Labute approximate surface area is 171 Å². The second kappa shape index (κ2) is 6.81. The maximum atomic E-state index is 13.1. The van der Waals surface area contributed by atoms with Gasteiger partial charge in [-0.05, 0) is 42.2 Å². The lowest BCUT2D eigenvalue weighted by molar-refractivity contribution is 0.0748. The average Bonchev–Trinajstić information content (AvgIpc) is 3.41. The number of nitrogens with one attached hydrogen (secondary N) is 2. The molecular formula is C21H21BrN4O2. The number of carbonyl (C=O) groups excluding carboxylic acids is 1. The number of rotatable bonds is 3. The van der Waals surface area contributed by atoms with E-state index in [0.717, 1.165) is 45.2 Å². The van der Waals surface area contributed by atoms with Crippen LogP contribution in [0.3, 0.4) is 0 Å². The van der Waals surface area contributed by atoms with Gasteiger partial charge in [0.25, 0.3) is 5.91 Å². The minimum atomic E-state index is -0.167. The van der Waals surface area contributed by atoms with Crippen molar-refractivity contribution in [2.75, 3.05) is 5.32 Å². The van der Waals surface area contributed by atoms with Crippen LogP contribution in [0.4, 0.5) is 5.82 Å². The van der Waals surface area contributed by atoms with Crippen molar-refractivity contribution in [1.29, 1.82) is 0 Å². The Morgan fingerprint density at radius 1 is 1.18 bits per heavy atom. The number of nitrogens with zero attached hydrogens (tertiary/aromatic N) is 2. The summed E-state index contributed by atoms with van der Waals surface area (Å²) in [6, 6.07) is 9.84. The highest BCUT2D eigenvalue weighted by atomic mass is 79.9. The summed E-state index contributed by atoms with van der Waals surface area (Å²) in [5.41, 5.74) is 3.32. The SMILES string of the molecule is O=C(c1cc2c(NC3CCCC3)n[nH]c2cc1O)N1Cc2ccc(Br)cc2C1. The van der Waals surface area contributed by atoms with Gasteiger partial charge in [0.15, 0.2) is 5.82 Å². The van der Waals surface area contributed by atoms with Gasteiger partial charge in [0.1, 0.15) is 5.75 Å². The third-order valence-corrected chi connectivity index (χ3v) is 6.28. The van der Waals surface area contributed by atoms with Gasteiger partial charge < -0.3 is 15.3 Å². The highest BCUT2D eigenvalue weighted by molar-refractivity contribution is 9.10. The summed E-state index contributed by atoms with van der Waals surface area (Å²) in [5.74, 6) is 0.565. The molecular weight excluding hydrogens is 420 g/mol. The first kappa shape index (κ1) is 17.6. The molecule has 7 heteroatoms. The van der Waals surface area contributed by atoms with E-state index >= 15 is 0 Å². The van der Waals surface area contributed by atoms with Crippen molar-refractivity contribution in [1.82, 2.24) is 15.1 Å². The normalized spacial score (nSPS) is 16.7. The maximum absolute atomic E-state index is 13.1.